The molecule has 1 amide bonds. The number of halogens is 2. The third-order valence-electron chi connectivity index (χ3n) is 4.05. The van der Waals surface area contributed by atoms with Crippen LogP contribution in [-0.4, -0.2) is 25.5 Å². The first-order valence-corrected chi connectivity index (χ1v) is 8.72. The van der Waals surface area contributed by atoms with E-state index in [4.69, 9.17) is 16.3 Å². The molecule has 0 saturated carbocycles. The molecule has 26 heavy (non-hydrogen) atoms. The summed E-state index contributed by atoms with van der Waals surface area (Å²) in [6.45, 7) is 2.87. The molecular weight excluding hydrogens is 371 g/mol. The fourth-order valence-electron chi connectivity index (χ4n) is 2.60. The minimum Gasteiger partial charge on any atom is -0.489 e. The van der Waals surface area contributed by atoms with E-state index in [9.17, 15) is 4.79 Å². The predicted molar refractivity (Wildman–Crippen MR) is 107 cm³/mol. The van der Waals surface area contributed by atoms with Crippen molar-refractivity contribution >= 4 is 29.9 Å². The third kappa shape index (κ3) is 6.06. The van der Waals surface area contributed by atoms with Crippen molar-refractivity contribution in [3.63, 3.8) is 0 Å². The maximum absolute atomic E-state index is 12.3. The van der Waals surface area contributed by atoms with Crippen LogP contribution < -0.4 is 15.4 Å². The van der Waals surface area contributed by atoms with E-state index in [1.165, 1.54) is 5.57 Å². The smallest absolute Gasteiger partial charge is 0.251 e. The summed E-state index contributed by atoms with van der Waals surface area (Å²) in [5.41, 5.74) is 2.89. The third-order valence-corrected chi connectivity index (χ3v) is 4.30. The van der Waals surface area contributed by atoms with E-state index >= 15 is 0 Å². The molecule has 2 N–H and O–H groups in total. The fourth-order valence-corrected chi connectivity index (χ4v) is 2.73. The number of ether oxygens (including phenoxy) is 1. The zero-order valence-electron chi connectivity index (χ0n) is 14.3. The van der Waals surface area contributed by atoms with Gasteiger partial charge in [-0.15, -0.1) is 12.4 Å². The molecule has 2 aromatic carbocycles. The molecule has 0 aliphatic carbocycles. The zero-order valence-corrected chi connectivity index (χ0v) is 15.9. The number of hydrogen-bond acceptors (Lipinski definition) is 3. The molecule has 0 atom stereocenters. The van der Waals surface area contributed by atoms with E-state index < -0.39 is 0 Å². The van der Waals surface area contributed by atoms with Crippen LogP contribution in [0.2, 0.25) is 5.02 Å². The summed E-state index contributed by atoms with van der Waals surface area (Å²) >= 11 is 5.88. The molecule has 3 rings (SSSR count). The molecule has 0 fully saturated rings. The minimum atomic E-state index is -0.0867. The molecule has 2 aromatic rings. The molecule has 0 radical (unpaired) electrons. The second kappa shape index (κ2) is 10.2. The van der Waals surface area contributed by atoms with E-state index in [1.807, 2.05) is 36.4 Å². The molecule has 1 aliphatic heterocycles. The van der Waals surface area contributed by atoms with Gasteiger partial charge >= 0.3 is 0 Å². The zero-order chi connectivity index (χ0) is 17.5. The molecule has 1 heterocycles. The summed E-state index contributed by atoms with van der Waals surface area (Å²) < 4.78 is 5.77. The van der Waals surface area contributed by atoms with Crippen molar-refractivity contribution in [2.75, 3.05) is 19.6 Å². The lowest BCUT2D eigenvalue weighted by atomic mass is 10.1. The monoisotopic (exact) mass is 392 g/mol. The first kappa shape index (κ1) is 20.3. The Morgan fingerprint density at radius 1 is 1.19 bits per heavy atom. The molecule has 138 valence electrons. The van der Waals surface area contributed by atoms with Crippen molar-refractivity contribution in [2.45, 2.75) is 13.0 Å². The highest BCUT2D eigenvalue weighted by molar-refractivity contribution is 6.30. The van der Waals surface area contributed by atoms with Crippen LogP contribution in [0.5, 0.6) is 5.75 Å². The highest BCUT2D eigenvalue weighted by Gasteiger charge is 2.09. The summed E-state index contributed by atoms with van der Waals surface area (Å²) in [6.07, 6.45) is 3.11. The van der Waals surface area contributed by atoms with Gasteiger partial charge in [-0.2, -0.15) is 0 Å². The van der Waals surface area contributed by atoms with E-state index in [1.54, 1.807) is 12.1 Å². The van der Waals surface area contributed by atoms with Gasteiger partial charge in [0.2, 0.25) is 0 Å². The second-order valence-corrected chi connectivity index (χ2v) is 6.38. The largest absolute Gasteiger partial charge is 0.489 e. The van der Waals surface area contributed by atoms with Crippen LogP contribution in [-0.2, 0) is 6.61 Å². The Morgan fingerprint density at radius 2 is 2.00 bits per heavy atom. The second-order valence-electron chi connectivity index (χ2n) is 5.94. The summed E-state index contributed by atoms with van der Waals surface area (Å²) in [4.78, 5) is 12.3. The van der Waals surface area contributed by atoms with Crippen molar-refractivity contribution in [2.24, 2.45) is 0 Å². The molecule has 0 aromatic heterocycles. The maximum Gasteiger partial charge on any atom is 0.251 e. The fraction of sp³-hybridized carbons (Fsp3) is 0.250. The SMILES string of the molecule is Cl.O=C(NCC1=CCNCC1)c1cccc(OCc2ccc(Cl)cc2)c1. The Balaban J connectivity index is 0.00000243. The van der Waals surface area contributed by atoms with Crippen LogP contribution in [0, 0.1) is 0 Å². The maximum atomic E-state index is 12.3. The molecular formula is C20H22Cl2N2O2. The highest BCUT2D eigenvalue weighted by Crippen LogP contribution is 2.16. The van der Waals surface area contributed by atoms with Gasteiger partial charge in [0.25, 0.3) is 5.91 Å². The molecule has 0 saturated heterocycles. The minimum absolute atomic E-state index is 0. The lowest BCUT2D eigenvalue weighted by Gasteiger charge is -2.14. The Labute approximate surface area is 165 Å². The van der Waals surface area contributed by atoms with Gasteiger partial charge in [0.1, 0.15) is 12.4 Å². The Bertz CT molecular complexity index is 761. The van der Waals surface area contributed by atoms with Gasteiger partial charge in [-0.3, -0.25) is 4.79 Å². The number of hydrogen-bond donors (Lipinski definition) is 2. The van der Waals surface area contributed by atoms with Gasteiger partial charge < -0.3 is 15.4 Å². The average Bonchev–Trinajstić information content (AvgIpc) is 2.67. The summed E-state index contributed by atoms with van der Waals surface area (Å²) in [5.74, 6) is 0.583. The molecule has 1 aliphatic rings. The van der Waals surface area contributed by atoms with Gasteiger partial charge in [0, 0.05) is 23.7 Å². The van der Waals surface area contributed by atoms with Gasteiger partial charge in [-0.1, -0.05) is 41.4 Å². The first-order chi connectivity index (χ1) is 12.2. The molecule has 0 bridgehead atoms. The van der Waals surface area contributed by atoms with Crippen molar-refractivity contribution in [1.82, 2.24) is 10.6 Å². The standard InChI is InChI=1S/C20H21ClN2O2.ClH/c21-18-6-4-16(5-7-18)14-25-19-3-1-2-17(12-19)20(24)23-13-15-8-10-22-11-9-15;/h1-8,12,22H,9-11,13-14H2,(H,23,24);1H. The van der Waals surface area contributed by atoms with Crippen LogP contribution in [0.4, 0.5) is 0 Å². The number of carbonyl (C=O) groups excluding carboxylic acids is 1. The van der Waals surface area contributed by atoms with Gasteiger partial charge in [-0.05, 0) is 48.9 Å². The predicted octanol–water partition coefficient (Wildman–Crippen LogP) is 3.99. The Morgan fingerprint density at radius 3 is 2.73 bits per heavy atom. The number of benzene rings is 2. The topological polar surface area (TPSA) is 50.4 Å². The summed E-state index contributed by atoms with van der Waals surface area (Å²) in [7, 11) is 0. The Hall–Kier alpha value is -2.01. The lowest BCUT2D eigenvalue weighted by molar-refractivity contribution is 0.0956. The number of rotatable bonds is 6. The molecule has 0 spiro atoms. The number of nitrogens with one attached hydrogen (secondary N) is 2. The van der Waals surface area contributed by atoms with E-state index in [2.05, 4.69) is 16.7 Å². The van der Waals surface area contributed by atoms with Crippen LogP contribution in [0.1, 0.15) is 22.3 Å². The van der Waals surface area contributed by atoms with Crippen molar-refractivity contribution < 1.29 is 9.53 Å². The normalized spacial score (nSPS) is 13.3. The van der Waals surface area contributed by atoms with E-state index in [0.717, 1.165) is 25.1 Å². The number of amides is 1. The van der Waals surface area contributed by atoms with Crippen molar-refractivity contribution in [3.05, 3.63) is 76.3 Å². The average molecular weight is 393 g/mol. The van der Waals surface area contributed by atoms with Crippen LogP contribution in [0.15, 0.2) is 60.2 Å². The Kier molecular flexibility index (Phi) is 7.98. The van der Waals surface area contributed by atoms with Crippen LogP contribution in [0.3, 0.4) is 0 Å². The van der Waals surface area contributed by atoms with Crippen molar-refractivity contribution in [1.29, 1.82) is 0 Å². The van der Waals surface area contributed by atoms with Gasteiger partial charge in [0.05, 0.1) is 0 Å². The van der Waals surface area contributed by atoms with Gasteiger partial charge in [-0.25, -0.2) is 0 Å². The summed E-state index contributed by atoms with van der Waals surface area (Å²) in [5, 5.41) is 6.93. The van der Waals surface area contributed by atoms with E-state index in [0.29, 0.717) is 29.5 Å². The van der Waals surface area contributed by atoms with Crippen LogP contribution in [0.25, 0.3) is 0 Å². The first-order valence-electron chi connectivity index (χ1n) is 8.35. The molecule has 6 heteroatoms. The van der Waals surface area contributed by atoms with Crippen LogP contribution >= 0.6 is 24.0 Å². The lowest BCUT2D eigenvalue weighted by Crippen LogP contribution is -2.29. The molecule has 4 nitrogen and oxygen atoms in total. The molecule has 0 unspecified atom stereocenters. The van der Waals surface area contributed by atoms with E-state index in [-0.39, 0.29) is 18.3 Å². The summed E-state index contributed by atoms with van der Waals surface area (Å²) in [6, 6.07) is 14.7. The highest BCUT2D eigenvalue weighted by atomic mass is 35.5. The quantitative estimate of drug-likeness (QED) is 0.730. The van der Waals surface area contributed by atoms with Gasteiger partial charge in [0.15, 0.2) is 0 Å². The van der Waals surface area contributed by atoms with Crippen molar-refractivity contribution in [3.8, 4) is 5.75 Å². The number of carbonyl (C=O) groups is 1.